The SMILES string of the molecule is C#CCCN(CC(N)=O)CC(=O)O. The molecule has 0 saturated heterocycles. The number of terminal acetylenes is 1. The second kappa shape index (κ2) is 6.03. The number of carbonyl (C=O) groups is 2. The Kier molecular flexibility index (Phi) is 5.32. The highest BCUT2D eigenvalue weighted by Crippen LogP contribution is 1.90. The minimum atomic E-state index is -1.00. The van der Waals surface area contributed by atoms with Gasteiger partial charge in [-0.2, -0.15) is 0 Å². The molecular weight excluding hydrogens is 172 g/mol. The number of primary amides is 1. The Bertz CT molecular complexity index is 216. The third-order valence-corrected chi connectivity index (χ3v) is 1.31. The van der Waals surface area contributed by atoms with Gasteiger partial charge in [0.15, 0.2) is 0 Å². The molecule has 0 spiro atoms. The predicted molar refractivity (Wildman–Crippen MR) is 46.7 cm³/mol. The van der Waals surface area contributed by atoms with Gasteiger partial charge in [-0.1, -0.05) is 0 Å². The molecule has 13 heavy (non-hydrogen) atoms. The summed E-state index contributed by atoms with van der Waals surface area (Å²) in [6.07, 6.45) is 5.40. The van der Waals surface area contributed by atoms with Crippen LogP contribution in [0.4, 0.5) is 0 Å². The highest BCUT2D eigenvalue weighted by molar-refractivity contribution is 5.77. The summed E-state index contributed by atoms with van der Waals surface area (Å²) in [6.45, 7) is 0.0737. The first-order valence-electron chi connectivity index (χ1n) is 3.72. The molecule has 1 amide bonds. The van der Waals surface area contributed by atoms with Gasteiger partial charge in [-0.15, -0.1) is 12.3 Å². The van der Waals surface area contributed by atoms with Crippen LogP contribution in [0.15, 0.2) is 0 Å². The molecule has 0 aliphatic heterocycles. The number of hydrogen-bond donors (Lipinski definition) is 2. The van der Waals surface area contributed by atoms with E-state index in [2.05, 4.69) is 5.92 Å². The van der Waals surface area contributed by atoms with Crippen molar-refractivity contribution in [3.8, 4) is 12.3 Å². The fourth-order valence-corrected chi connectivity index (χ4v) is 0.848. The minimum absolute atomic E-state index is 0.0754. The van der Waals surface area contributed by atoms with Gasteiger partial charge in [0.2, 0.25) is 5.91 Å². The van der Waals surface area contributed by atoms with Crippen LogP contribution >= 0.6 is 0 Å². The molecule has 0 aromatic rings. The lowest BCUT2D eigenvalue weighted by Crippen LogP contribution is -2.37. The summed E-state index contributed by atoms with van der Waals surface area (Å²) in [4.78, 5) is 22.2. The Morgan fingerprint density at radius 2 is 2.08 bits per heavy atom. The van der Waals surface area contributed by atoms with E-state index in [1.165, 1.54) is 4.90 Å². The first-order valence-corrected chi connectivity index (χ1v) is 3.72. The number of hydrogen-bond acceptors (Lipinski definition) is 3. The van der Waals surface area contributed by atoms with E-state index >= 15 is 0 Å². The molecule has 0 aliphatic carbocycles. The number of carboxylic acid groups (broad SMARTS) is 1. The second-order valence-corrected chi connectivity index (χ2v) is 2.52. The maximum absolute atomic E-state index is 10.5. The molecule has 0 heterocycles. The summed E-state index contributed by atoms with van der Waals surface area (Å²) >= 11 is 0. The Labute approximate surface area is 76.5 Å². The molecule has 0 aliphatic rings. The lowest BCUT2D eigenvalue weighted by atomic mass is 10.3. The number of rotatable bonds is 6. The van der Waals surface area contributed by atoms with Crippen LogP contribution in [0.2, 0.25) is 0 Å². The molecule has 0 aromatic carbocycles. The smallest absolute Gasteiger partial charge is 0.317 e. The van der Waals surface area contributed by atoms with Gasteiger partial charge in [-0.05, 0) is 0 Å². The van der Waals surface area contributed by atoms with Gasteiger partial charge >= 0.3 is 5.97 Å². The summed E-state index contributed by atoms with van der Waals surface area (Å²) in [5.74, 6) is 0.799. The van der Waals surface area contributed by atoms with Gasteiger partial charge < -0.3 is 10.8 Å². The summed E-state index contributed by atoms with van der Waals surface area (Å²) < 4.78 is 0. The molecule has 0 unspecified atom stereocenters. The highest BCUT2D eigenvalue weighted by atomic mass is 16.4. The van der Waals surface area contributed by atoms with E-state index in [4.69, 9.17) is 17.3 Å². The fourth-order valence-electron chi connectivity index (χ4n) is 0.848. The number of carboxylic acids is 1. The number of carbonyl (C=O) groups excluding carboxylic acids is 1. The average molecular weight is 184 g/mol. The quantitative estimate of drug-likeness (QED) is 0.512. The molecule has 0 bridgehead atoms. The zero-order valence-corrected chi connectivity index (χ0v) is 7.19. The molecule has 0 atom stereocenters. The Morgan fingerprint density at radius 3 is 2.46 bits per heavy atom. The summed E-state index contributed by atoms with van der Waals surface area (Å²) in [6, 6.07) is 0. The summed E-state index contributed by atoms with van der Waals surface area (Å²) in [5, 5.41) is 8.45. The maximum Gasteiger partial charge on any atom is 0.317 e. The monoisotopic (exact) mass is 184 g/mol. The number of amides is 1. The standard InChI is InChI=1S/C8H12N2O3/c1-2-3-4-10(5-7(9)11)6-8(12)13/h1H,3-6H2,(H2,9,11)(H,12,13). The zero-order valence-electron chi connectivity index (χ0n) is 7.19. The van der Waals surface area contributed by atoms with Gasteiger partial charge in [-0.3, -0.25) is 14.5 Å². The molecule has 0 radical (unpaired) electrons. The molecule has 0 rings (SSSR count). The molecule has 3 N–H and O–H groups in total. The third kappa shape index (κ3) is 6.84. The van der Waals surface area contributed by atoms with Crippen LogP contribution in [-0.2, 0) is 9.59 Å². The molecule has 0 fully saturated rings. The van der Waals surface area contributed by atoms with Gasteiger partial charge in [0.05, 0.1) is 13.1 Å². The minimum Gasteiger partial charge on any atom is -0.480 e. The Hall–Kier alpha value is -1.54. The van der Waals surface area contributed by atoms with Crippen LogP contribution in [0.5, 0.6) is 0 Å². The largest absolute Gasteiger partial charge is 0.480 e. The number of nitrogens with two attached hydrogens (primary N) is 1. The predicted octanol–water partition coefficient (Wildman–Crippen LogP) is -1.12. The van der Waals surface area contributed by atoms with Gasteiger partial charge in [0, 0.05) is 13.0 Å². The Morgan fingerprint density at radius 1 is 1.46 bits per heavy atom. The zero-order chi connectivity index (χ0) is 10.3. The van der Waals surface area contributed by atoms with Crippen molar-refractivity contribution in [1.82, 2.24) is 4.90 Å². The molecule has 5 heteroatoms. The third-order valence-electron chi connectivity index (χ3n) is 1.31. The average Bonchev–Trinajstić information content (AvgIpc) is 1.98. The van der Waals surface area contributed by atoms with E-state index in [0.717, 1.165) is 0 Å². The molecular formula is C8H12N2O3. The van der Waals surface area contributed by atoms with Gasteiger partial charge in [0.1, 0.15) is 0 Å². The first kappa shape index (κ1) is 11.5. The molecule has 0 saturated carbocycles. The Balaban J connectivity index is 3.96. The van der Waals surface area contributed by atoms with E-state index < -0.39 is 11.9 Å². The van der Waals surface area contributed by atoms with E-state index in [9.17, 15) is 9.59 Å². The van der Waals surface area contributed by atoms with Crippen molar-refractivity contribution in [1.29, 1.82) is 0 Å². The van der Waals surface area contributed by atoms with Crippen molar-refractivity contribution in [2.75, 3.05) is 19.6 Å². The second-order valence-electron chi connectivity index (χ2n) is 2.52. The van der Waals surface area contributed by atoms with E-state index in [1.54, 1.807) is 0 Å². The molecule has 5 nitrogen and oxygen atoms in total. The van der Waals surface area contributed by atoms with E-state index in [1.807, 2.05) is 0 Å². The van der Waals surface area contributed by atoms with Crippen LogP contribution in [0, 0.1) is 12.3 Å². The van der Waals surface area contributed by atoms with E-state index in [-0.39, 0.29) is 13.1 Å². The van der Waals surface area contributed by atoms with Crippen molar-refractivity contribution in [3.05, 3.63) is 0 Å². The van der Waals surface area contributed by atoms with Crippen molar-refractivity contribution < 1.29 is 14.7 Å². The first-order chi connectivity index (χ1) is 6.06. The van der Waals surface area contributed by atoms with Crippen molar-refractivity contribution in [3.63, 3.8) is 0 Å². The molecule has 72 valence electrons. The van der Waals surface area contributed by atoms with Crippen LogP contribution in [-0.4, -0.2) is 41.5 Å². The van der Waals surface area contributed by atoms with Crippen LogP contribution < -0.4 is 5.73 Å². The van der Waals surface area contributed by atoms with Crippen molar-refractivity contribution >= 4 is 11.9 Å². The fraction of sp³-hybridized carbons (Fsp3) is 0.500. The number of nitrogens with zero attached hydrogens (tertiary/aromatic N) is 1. The lowest BCUT2D eigenvalue weighted by molar-refractivity contribution is -0.138. The topological polar surface area (TPSA) is 83.6 Å². The summed E-state index contributed by atoms with van der Waals surface area (Å²) in [7, 11) is 0. The lowest BCUT2D eigenvalue weighted by Gasteiger charge is -2.16. The van der Waals surface area contributed by atoms with Gasteiger partial charge in [-0.25, -0.2) is 0 Å². The number of aliphatic carboxylic acids is 1. The summed E-state index contributed by atoms with van der Waals surface area (Å²) in [5.41, 5.74) is 4.92. The molecule has 0 aromatic heterocycles. The van der Waals surface area contributed by atoms with Crippen LogP contribution in [0.25, 0.3) is 0 Å². The van der Waals surface area contributed by atoms with Crippen molar-refractivity contribution in [2.45, 2.75) is 6.42 Å². The van der Waals surface area contributed by atoms with Crippen LogP contribution in [0.3, 0.4) is 0 Å². The van der Waals surface area contributed by atoms with Crippen molar-refractivity contribution in [2.24, 2.45) is 5.73 Å². The van der Waals surface area contributed by atoms with Gasteiger partial charge in [0.25, 0.3) is 0 Å². The normalized spacial score (nSPS) is 9.54. The van der Waals surface area contributed by atoms with E-state index in [0.29, 0.717) is 13.0 Å². The van der Waals surface area contributed by atoms with Crippen LogP contribution in [0.1, 0.15) is 6.42 Å². The maximum atomic E-state index is 10.5. The highest BCUT2D eigenvalue weighted by Gasteiger charge is 2.10.